The average molecular weight is 265 g/mol. The number of hydrogen-bond donors (Lipinski definition) is 0. The van der Waals surface area contributed by atoms with Crippen molar-refractivity contribution in [1.29, 1.82) is 0 Å². The first kappa shape index (κ1) is 12.3. The van der Waals surface area contributed by atoms with Gasteiger partial charge in [-0.15, -0.1) is 0 Å². The highest BCUT2D eigenvalue weighted by atomic mass is 32.2. The van der Waals surface area contributed by atoms with Crippen LogP contribution in [0.2, 0.25) is 0 Å². The largest absolute Gasteiger partial charge is 0.349 e. The summed E-state index contributed by atoms with van der Waals surface area (Å²) in [5.74, 6) is 0. The third-order valence-electron chi connectivity index (χ3n) is 2.30. The number of hydrogen-bond acceptors (Lipinski definition) is 4. The Morgan fingerprint density at radius 3 is 2.44 bits per heavy atom. The summed E-state index contributed by atoms with van der Waals surface area (Å²) >= 11 is 0. The molecule has 0 aliphatic heterocycles. The van der Waals surface area contributed by atoms with Crippen LogP contribution < -0.4 is 5.69 Å². The van der Waals surface area contributed by atoms with Crippen LogP contribution >= 0.6 is 0 Å². The smallest absolute Gasteiger partial charge is 0.284 e. The molecule has 0 radical (unpaired) electrons. The lowest BCUT2D eigenvalue weighted by Crippen LogP contribution is -2.19. The van der Waals surface area contributed by atoms with Gasteiger partial charge >= 0.3 is 5.69 Å². The molecule has 0 spiro atoms. The zero-order valence-corrected chi connectivity index (χ0v) is 10.4. The van der Waals surface area contributed by atoms with Crippen molar-refractivity contribution >= 4 is 16.0 Å². The molecule has 0 aliphatic rings. The average Bonchev–Trinajstić information content (AvgIpc) is 2.69. The third kappa shape index (κ3) is 2.40. The van der Waals surface area contributed by atoms with Gasteiger partial charge in [0, 0.05) is 13.2 Å². The molecule has 1 aromatic heterocycles. The normalized spacial score (nSPS) is 12.1. The molecule has 7 heteroatoms. The van der Waals surface area contributed by atoms with E-state index in [9.17, 15) is 13.2 Å². The molecule has 0 bridgehead atoms. The van der Waals surface area contributed by atoms with Crippen molar-refractivity contribution in [2.45, 2.75) is 4.90 Å². The van der Waals surface area contributed by atoms with Crippen LogP contribution in [0.1, 0.15) is 0 Å². The fourth-order valence-electron chi connectivity index (χ4n) is 1.32. The molecule has 0 fully saturated rings. The number of rotatable bonds is 3. The number of sulfone groups is 1. The molecule has 6 nitrogen and oxygen atoms in total. The Balaban J connectivity index is 2.35. The van der Waals surface area contributed by atoms with E-state index in [1.165, 1.54) is 30.1 Å². The minimum absolute atomic E-state index is 0.172. The van der Waals surface area contributed by atoms with E-state index >= 15 is 0 Å². The van der Waals surface area contributed by atoms with Gasteiger partial charge in [0.15, 0.2) is 0 Å². The second-order valence-electron chi connectivity index (χ2n) is 3.61. The topological polar surface area (TPSA) is 74.0 Å². The SMILES string of the molecule is Cn1cnn(C=CS(=O)(=O)c2ccccc2)c1=O. The van der Waals surface area contributed by atoms with Crippen molar-refractivity contribution in [2.75, 3.05) is 0 Å². The van der Waals surface area contributed by atoms with E-state index in [0.717, 1.165) is 16.3 Å². The standard InChI is InChI=1S/C11H11N3O3S/c1-13-9-12-14(11(13)15)7-8-18(16,17)10-5-3-2-4-6-10/h2-9H,1H3. The van der Waals surface area contributed by atoms with Gasteiger partial charge in [-0.05, 0) is 12.1 Å². The number of aryl methyl sites for hydroxylation is 1. The number of nitrogens with zero attached hydrogens (tertiary/aromatic N) is 3. The maximum atomic E-state index is 11.9. The summed E-state index contributed by atoms with van der Waals surface area (Å²) in [6.07, 6.45) is 2.44. The van der Waals surface area contributed by atoms with E-state index < -0.39 is 15.5 Å². The summed E-state index contributed by atoms with van der Waals surface area (Å²) < 4.78 is 26.0. The Labute approximate surface area is 104 Å². The maximum Gasteiger partial charge on any atom is 0.349 e. The molecule has 2 aromatic rings. The zero-order valence-electron chi connectivity index (χ0n) is 9.59. The molecule has 94 valence electrons. The van der Waals surface area contributed by atoms with Crippen LogP contribution in [-0.4, -0.2) is 22.8 Å². The second kappa shape index (κ2) is 4.61. The molecule has 0 unspecified atom stereocenters. The molecular weight excluding hydrogens is 254 g/mol. The van der Waals surface area contributed by atoms with Crippen LogP contribution in [0.15, 0.2) is 51.8 Å². The zero-order chi connectivity index (χ0) is 13.2. The van der Waals surface area contributed by atoms with Gasteiger partial charge in [-0.2, -0.15) is 9.78 Å². The van der Waals surface area contributed by atoms with E-state index in [-0.39, 0.29) is 4.90 Å². The third-order valence-corrected chi connectivity index (χ3v) is 3.71. The highest BCUT2D eigenvalue weighted by Gasteiger charge is 2.09. The number of benzene rings is 1. The first-order chi connectivity index (χ1) is 8.50. The molecule has 0 amide bonds. The van der Waals surface area contributed by atoms with Gasteiger partial charge in [-0.3, -0.25) is 4.57 Å². The van der Waals surface area contributed by atoms with Crippen molar-refractivity contribution < 1.29 is 8.42 Å². The van der Waals surface area contributed by atoms with E-state index in [4.69, 9.17) is 0 Å². The maximum absolute atomic E-state index is 11.9. The van der Waals surface area contributed by atoms with Crippen LogP contribution in [-0.2, 0) is 16.9 Å². The molecule has 0 N–H and O–H groups in total. The summed E-state index contributed by atoms with van der Waals surface area (Å²) in [6.45, 7) is 0. The highest BCUT2D eigenvalue weighted by Crippen LogP contribution is 2.10. The lowest BCUT2D eigenvalue weighted by atomic mass is 10.4. The Kier molecular flexibility index (Phi) is 3.15. The van der Waals surface area contributed by atoms with E-state index in [1.54, 1.807) is 18.2 Å². The van der Waals surface area contributed by atoms with E-state index in [2.05, 4.69) is 5.10 Å². The first-order valence-electron chi connectivity index (χ1n) is 5.09. The summed E-state index contributed by atoms with van der Waals surface area (Å²) in [7, 11) is -2.02. The molecule has 18 heavy (non-hydrogen) atoms. The quantitative estimate of drug-likeness (QED) is 0.809. The predicted octanol–water partition coefficient (Wildman–Crippen LogP) is 0.484. The minimum atomic E-state index is -3.56. The lowest BCUT2D eigenvalue weighted by molar-refractivity contribution is 0.604. The Morgan fingerprint density at radius 1 is 1.22 bits per heavy atom. The van der Waals surface area contributed by atoms with Gasteiger partial charge in [-0.25, -0.2) is 13.2 Å². The molecule has 0 saturated carbocycles. The van der Waals surface area contributed by atoms with Gasteiger partial charge in [0.25, 0.3) is 0 Å². The van der Waals surface area contributed by atoms with Crippen LogP contribution in [0.4, 0.5) is 0 Å². The number of aromatic nitrogens is 3. The van der Waals surface area contributed by atoms with Crippen molar-refractivity contribution in [3.63, 3.8) is 0 Å². The molecule has 0 atom stereocenters. The summed E-state index contributed by atoms with van der Waals surface area (Å²) in [5, 5.41) is 4.68. The van der Waals surface area contributed by atoms with Gasteiger partial charge in [0.1, 0.15) is 6.33 Å². The van der Waals surface area contributed by atoms with Gasteiger partial charge in [0.05, 0.1) is 10.3 Å². The minimum Gasteiger partial charge on any atom is -0.284 e. The second-order valence-corrected chi connectivity index (χ2v) is 5.45. The van der Waals surface area contributed by atoms with Crippen molar-refractivity contribution in [3.05, 3.63) is 52.6 Å². The van der Waals surface area contributed by atoms with E-state index in [0.29, 0.717) is 0 Å². The lowest BCUT2D eigenvalue weighted by Gasteiger charge is -1.97. The van der Waals surface area contributed by atoms with Crippen LogP contribution in [0.25, 0.3) is 6.20 Å². The summed E-state index contributed by atoms with van der Waals surface area (Å²) in [6, 6.07) is 7.97. The van der Waals surface area contributed by atoms with Gasteiger partial charge < -0.3 is 0 Å². The van der Waals surface area contributed by atoms with Crippen LogP contribution in [0.5, 0.6) is 0 Å². The van der Waals surface area contributed by atoms with E-state index in [1.807, 2.05) is 0 Å². The molecule has 1 heterocycles. The predicted molar refractivity (Wildman–Crippen MR) is 66.4 cm³/mol. The monoisotopic (exact) mass is 265 g/mol. The summed E-state index contributed by atoms with van der Waals surface area (Å²) in [5.41, 5.74) is -0.408. The Hall–Kier alpha value is -2.15. The van der Waals surface area contributed by atoms with Crippen LogP contribution in [0.3, 0.4) is 0 Å². The van der Waals surface area contributed by atoms with Crippen LogP contribution in [0, 0.1) is 0 Å². The first-order valence-corrected chi connectivity index (χ1v) is 6.64. The Morgan fingerprint density at radius 2 is 1.89 bits per heavy atom. The Bertz CT molecular complexity index is 726. The molecular formula is C11H11N3O3S. The van der Waals surface area contributed by atoms with Gasteiger partial charge in [-0.1, -0.05) is 18.2 Å². The molecule has 0 aliphatic carbocycles. The van der Waals surface area contributed by atoms with Crippen molar-refractivity contribution in [2.24, 2.45) is 7.05 Å². The molecule has 2 rings (SSSR count). The molecule has 0 saturated heterocycles. The summed E-state index contributed by atoms with van der Waals surface area (Å²) in [4.78, 5) is 11.6. The van der Waals surface area contributed by atoms with Crippen molar-refractivity contribution in [3.8, 4) is 0 Å². The fraction of sp³-hybridized carbons (Fsp3) is 0.0909. The fourth-order valence-corrected chi connectivity index (χ4v) is 2.29. The van der Waals surface area contributed by atoms with Gasteiger partial charge in [0.2, 0.25) is 9.84 Å². The van der Waals surface area contributed by atoms with Crippen molar-refractivity contribution in [1.82, 2.24) is 14.3 Å². The highest BCUT2D eigenvalue weighted by molar-refractivity contribution is 7.94. The molecule has 1 aromatic carbocycles.